The minimum absolute atomic E-state index is 0.0639. The van der Waals surface area contributed by atoms with Gasteiger partial charge in [-0.15, -0.1) is 0 Å². The van der Waals surface area contributed by atoms with Gasteiger partial charge in [0, 0.05) is 32.2 Å². The highest BCUT2D eigenvalue weighted by atomic mass is 32.2. The third kappa shape index (κ3) is 2.79. The van der Waals surface area contributed by atoms with Gasteiger partial charge in [0.05, 0.1) is 23.7 Å². The summed E-state index contributed by atoms with van der Waals surface area (Å²) in [5, 5.41) is 9.88. The first-order chi connectivity index (χ1) is 7.93. The Labute approximate surface area is 102 Å². The molecule has 3 N–H and O–H groups in total. The maximum Gasteiger partial charge on any atom is 0.154 e. The van der Waals surface area contributed by atoms with Crippen LogP contribution in [0.15, 0.2) is 0 Å². The van der Waals surface area contributed by atoms with E-state index in [0.717, 1.165) is 19.6 Å². The van der Waals surface area contributed by atoms with Crippen LogP contribution in [0.25, 0.3) is 0 Å². The molecule has 0 aliphatic carbocycles. The van der Waals surface area contributed by atoms with Gasteiger partial charge in [0.2, 0.25) is 0 Å². The number of rotatable bonds is 2. The molecule has 0 saturated carbocycles. The number of hydrogen-bond acceptors (Lipinski definition) is 6. The number of piperazine rings is 1. The van der Waals surface area contributed by atoms with Crippen molar-refractivity contribution in [3.05, 3.63) is 0 Å². The molecule has 0 radical (unpaired) electrons. The zero-order valence-corrected chi connectivity index (χ0v) is 10.9. The molecule has 2 rings (SSSR count). The van der Waals surface area contributed by atoms with E-state index in [1.54, 1.807) is 0 Å². The Morgan fingerprint density at radius 3 is 2.59 bits per heavy atom. The molecule has 7 heteroatoms. The highest BCUT2D eigenvalue weighted by Gasteiger charge is 2.42. The fourth-order valence-electron chi connectivity index (χ4n) is 2.80. The van der Waals surface area contributed by atoms with Crippen LogP contribution < -0.4 is 5.73 Å². The van der Waals surface area contributed by atoms with E-state index in [0.29, 0.717) is 6.54 Å². The Kier molecular flexibility index (Phi) is 3.74. The summed E-state index contributed by atoms with van der Waals surface area (Å²) in [5.41, 5.74) is 5.74. The summed E-state index contributed by atoms with van der Waals surface area (Å²) in [7, 11) is -1.06. The van der Waals surface area contributed by atoms with Crippen molar-refractivity contribution in [2.75, 3.05) is 44.7 Å². The molecular weight excluding hydrogens is 242 g/mol. The van der Waals surface area contributed by atoms with Crippen molar-refractivity contribution in [1.82, 2.24) is 9.80 Å². The lowest BCUT2D eigenvalue weighted by atomic mass is 10.1. The second-order valence-corrected chi connectivity index (χ2v) is 7.26. The first-order valence-electron chi connectivity index (χ1n) is 5.96. The van der Waals surface area contributed by atoms with E-state index in [2.05, 4.69) is 9.80 Å². The summed E-state index contributed by atoms with van der Waals surface area (Å²) in [6.45, 7) is 2.99. The third-order valence-corrected chi connectivity index (χ3v) is 5.42. The first-order valence-corrected chi connectivity index (χ1v) is 7.78. The molecule has 3 atom stereocenters. The maximum atomic E-state index is 11.5. The van der Waals surface area contributed by atoms with Crippen LogP contribution in [-0.2, 0) is 9.84 Å². The molecule has 17 heavy (non-hydrogen) atoms. The van der Waals surface area contributed by atoms with Gasteiger partial charge in [0.1, 0.15) is 0 Å². The fraction of sp³-hybridized carbons (Fsp3) is 1.00. The summed E-state index contributed by atoms with van der Waals surface area (Å²) in [6.07, 6.45) is -0.766. The number of sulfone groups is 1. The van der Waals surface area contributed by atoms with Gasteiger partial charge in [-0.25, -0.2) is 8.42 Å². The number of nitrogens with zero attached hydrogens (tertiary/aromatic N) is 2. The number of nitrogens with two attached hydrogens (primary N) is 1. The highest BCUT2D eigenvalue weighted by molar-refractivity contribution is 7.91. The van der Waals surface area contributed by atoms with Gasteiger partial charge in [0.25, 0.3) is 0 Å². The third-order valence-electron chi connectivity index (χ3n) is 3.72. The van der Waals surface area contributed by atoms with E-state index in [1.165, 1.54) is 0 Å². The Morgan fingerprint density at radius 1 is 1.35 bits per heavy atom. The average molecular weight is 263 g/mol. The number of aliphatic hydroxyl groups is 1. The van der Waals surface area contributed by atoms with E-state index < -0.39 is 15.9 Å². The molecule has 0 aromatic carbocycles. The van der Waals surface area contributed by atoms with Crippen LogP contribution >= 0.6 is 0 Å². The number of aliphatic hydroxyl groups excluding tert-OH is 1. The van der Waals surface area contributed by atoms with Crippen molar-refractivity contribution in [2.24, 2.45) is 5.73 Å². The quantitative estimate of drug-likeness (QED) is 0.584. The summed E-state index contributed by atoms with van der Waals surface area (Å²) in [6, 6.07) is -0.135. The van der Waals surface area contributed by atoms with Crippen LogP contribution in [0.2, 0.25) is 0 Å². The molecule has 2 saturated heterocycles. The summed E-state index contributed by atoms with van der Waals surface area (Å²) < 4.78 is 23.1. The van der Waals surface area contributed by atoms with E-state index >= 15 is 0 Å². The smallest absolute Gasteiger partial charge is 0.154 e. The lowest BCUT2D eigenvalue weighted by Gasteiger charge is -2.43. The predicted molar refractivity (Wildman–Crippen MR) is 65.5 cm³/mol. The molecule has 0 aromatic heterocycles. The van der Waals surface area contributed by atoms with Gasteiger partial charge in [-0.1, -0.05) is 0 Å². The van der Waals surface area contributed by atoms with E-state index in [1.807, 2.05) is 7.05 Å². The van der Waals surface area contributed by atoms with Gasteiger partial charge in [-0.05, 0) is 7.05 Å². The van der Waals surface area contributed by atoms with Gasteiger partial charge in [0.15, 0.2) is 9.84 Å². The van der Waals surface area contributed by atoms with Crippen LogP contribution in [-0.4, -0.2) is 86.2 Å². The molecular formula is C10H21N3O3S. The summed E-state index contributed by atoms with van der Waals surface area (Å²) in [5.74, 6) is -0.0460. The van der Waals surface area contributed by atoms with Crippen LogP contribution in [0.4, 0.5) is 0 Å². The standard InChI is InChI=1S/C10H21N3O3S/c1-12-2-3-13(8(4-11)5-12)9-6-17(15,16)7-10(9)14/h8-10,14H,2-7,11H2,1H3. The van der Waals surface area contributed by atoms with Crippen molar-refractivity contribution in [2.45, 2.75) is 18.2 Å². The van der Waals surface area contributed by atoms with Crippen molar-refractivity contribution in [1.29, 1.82) is 0 Å². The van der Waals surface area contributed by atoms with E-state index in [4.69, 9.17) is 5.73 Å². The van der Waals surface area contributed by atoms with Crippen molar-refractivity contribution >= 4 is 9.84 Å². The highest BCUT2D eigenvalue weighted by Crippen LogP contribution is 2.22. The SMILES string of the molecule is CN1CCN(C2CS(=O)(=O)CC2O)C(CN)C1. The van der Waals surface area contributed by atoms with Crippen LogP contribution in [0.1, 0.15) is 0 Å². The normalized spacial score (nSPS) is 39.6. The molecule has 2 heterocycles. The Bertz CT molecular complexity index is 373. The molecule has 0 amide bonds. The van der Waals surface area contributed by atoms with Crippen LogP contribution in [0, 0.1) is 0 Å². The second kappa shape index (κ2) is 4.81. The summed E-state index contributed by atoms with van der Waals surface area (Å²) in [4.78, 5) is 4.26. The van der Waals surface area contributed by atoms with Gasteiger partial charge >= 0.3 is 0 Å². The van der Waals surface area contributed by atoms with E-state index in [9.17, 15) is 13.5 Å². The Morgan fingerprint density at radius 2 is 2.06 bits per heavy atom. The molecule has 2 aliphatic heterocycles. The lowest BCUT2D eigenvalue weighted by Crippen LogP contribution is -2.60. The van der Waals surface area contributed by atoms with Gasteiger partial charge < -0.3 is 15.7 Å². The maximum absolute atomic E-state index is 11.5. The fourth-order valence-corrected chi connectivity index (χ4v) is 4.61. The average Bonchev–Trinajstić information content (AvgIpc) is 2.52. The van der Waals surface area contributed by atoms with Crippen LogP contribution in [0.3, 0.4) is 0 Å². The number of likely N-dealkylation sites (N-methyl/N-ethyl adjacent to an activating group) is 1. The number of hydrogen-bond donors (Lipinski definition) is 2. The Hall–Kier alpha value is -0.210. The molecule has 0 bridgehead atoms. The molecule has 3 unspecified atom stereocenters. The molecule has 0 spiro atoms. The topological polar surface area (TPSA) is 86.9 Å². The van der Waals surface area contributed by atoms with Crippen molar-refractivity contribution in [3.8, 4) is 0 Å². The first kappa shape index (κ1) is 13.2. The monoisotopic (exact) mass is 263 g/mol. The van der Waals surface area contributed by atoms with E-state index in [-0.39, 0.29) is 23.6 Å². The van der Waals surface area contributed by atoms with Crippen LogP contribution in [0.5, 0.6) is 0 Å². The molecule has 2 fully saturated rings. The largest absolute Gasteiger partial charge is 0.390 e. The summed E-state index contributed by atoms with van der Waals surface area (Å²) >= 11 is 0. The van der Waals surface area contributed by atoms with Crippen molar-refractivity contribution in [3.63, 3.8) is 0 Å². The minimum atomic E-state index is -3.09. The van der Waals surface area contributed by atoms with Gasteiger partial charge in [-0.2, -0.15) is 0 Å². The second-order valence-electron chi connectivity index (χ2n) is 5.10. The Balaban J connectivity index is 2.11. The lowest BCUT2D eigenvalue weighted by molar-refractivity contribution is 0.0149. The molecule has 0 aromatic rings. The zero-order chi connectivity index (χ0) is 12.6. The zero-order valence-electron chi connectivity index (χ0n) is 10.1. The minimum Gasteiger partial charge on any atom is -0.390 e. The van der Waals surface area contributed by atoms with Crippen molar-refractivity contribution < 1.29 is 13.5 Å². The molecule has 2 aliphatic rings. The predicted octanol–water partition coefficient (Wildman–Crippen LogP) is -2.28. The molecule has 6 nitrogen and oxygen atoms in total. The van der Waals surface area contributed by atoms with Gasteiger partial charge in [-0.3, -0.25) is 4.90 Å². The molecule has 100 valence electrons.